The van der Waals surface area contributed by atoms with Crippen molar-refractivity contribution >= 4 is 0 Å². The van der Waals surface area contributed by atoms with Crippen molar-refractivity contribution in [3.05, 3.63) is 69.9 Å². The van der Waals surface area contributed by atoms with Crippen LogP contribution in [0.15, 0.2) is 69.9 Å². The lowest BCUT2D eigenvalue weighted by atomic mass is 9.97. The maximum absolute atomic E-state index is 2.33. The molecule has 2 rings (SSSR count). The van der Waals surface area contributed by atoms with E-state index in [1.54, 1.807) is 0 Å². The number of hydrogen-bond donors (Lipinski definition) is 0. The van der Waals surface area contributed by atoms with Gasteiger partial charge in [-0.15, -0.1) is 0 Å². The Morgan fingerprint density at radius 2 is 1.39 bits per heavy atom. The average Bonchev–Trinajstić information content (AvgIpc) is 2.54. The Hall–Kier alpha value is -1.56. The van der Waals surface area contributed by atoms with E-state index in [-0.39, 0.29) is 0 Å². The van der Waals surface area contributed by atoms with Crippen molar-refractivity contribution in [3.63, 3.8) is 0 Å². The molecule has 0 radical (unpaired) electrons. The highest BCUT2D eigenvalue weighted by atomic mass is 14.1. The van der Waals surface area contributed by atoms with E-state index in [0.717, 1.165) is 12.8 Å². The minimum Gasteiger partial charge on any atom is -0.0693 e. The van der Waals surface area contributed by atoms with Gasteiger partial charge in [0.1, 0.15) is 0 Å². The lowest BCUT2D eigenvalue weighted by molar-refractivity contribution is 1.10. The number of allylic oxidation sites excluding steroid dienone is 12. The van der Waals surface area contributed by atoms with Crippen LogP contribution < -0.4 is 0 Å². The van der Waals surface area contributed by atoms with E-state index >= 15 is 0 Å². The van der Waals surface area contributed by atoms with Crippen LogP contribution in [-0.2, 0) is 0 Å². The van der Waals surface area contributed by atoms with Gasteiger partial charge in [-0.2, -0.15) is 0 Å². The second-order valence-electron chi connectivity index (χ2n) is 5.57. The van der Waals surface area contributed by atoms with Crippen molar-refractivity contribution < 1.29 is 0 Å². The summed E-state index contributed by atoms with van der Waals surface area (Å²) < 4.78 is 0. The first-order valence-electron chi connectivity index (χ1n) is 6.64. The first kappa shape index (κ1) is 12.9. The van der Waals surface area contributed by atoms with Gasteiger partial charge in [-0.1, -0.05) is 58.7 Å². The molecule has 0 heteroatoms. The monoisotopic (exact) mass is 238 g/mol. The molecule has 0 spiro atoms. The summed E-state index contributed by atoms with van der Waals surface area (Å²) in [5, 5.41) is 0. The fourth-order valence-electron chi connectivity index (χ4n) is 2.57. The molecule has 0 heterocycles. The predicted octanol–water partition coefficient (Wildman–Crippen LogP) is 5.43. The Morgan fingerprint density at radius 1 is 0.667 bits per heavy atom. The van der Waals surface area contributed by atoms with E-state index in [1.807, 2.05) is 0 Å². The number of rotatable bonds is 1. The standard InChI is InChI=1S/C18H22/c1-13-5-7-17(11-15(3)9-13)18-8-6-14(2)10-16(4)12-18/h5-9,12H,10-11H2,1-4H3. The molecule has 0 saturated carbocycles. The molecule has 0 N–H and O–H groups in total. The van der Waals surface area contributed by atoms with Crippen molar-refractivity contribution in [2.75, 3.05) is 0 Å². The minimum absolute atomic E-state index is 1.05. The minimum atomic E-state index is 1.05. The molecule has 0 fully saturated rings. The lowest BCUT2D eigenvalue weighted by Crippen LogP contribution is -1.89. The molecule has 0 aromatic rings. The van der Waals surface area contributed by atoms with E-state index < -0.39 is 0 Å². The highest BCUT2D eigenvalue weighted by Crippen LogP contribution is 2.28. The molecule has 0 amide bonds. The van der Waals surface area contributed by atoms with Gasteiger partial charge in [0.15, 0.2) is 0 Å². The third kappa shape index (κ3) is 3.22. The van der Waals surface area contributed by atoms with Crippen molar-refractivity contribution in [1.82, 2.24) is 0 Å². The van der Waals surface area contributed by atoms with Crippen LogP contribution in [0.3, 0.4) is 0 Å². The third-order valence-corrected chi connectivity index (χ3v) is 3.37. The molecule has 0 aromatic carbocycles. The van der Waals surface area contributed by atoms with E-state index in [0.29, 0.717) is 0 Å². The highest BCUT2D eigenvalue weighted by Gasteiger charge is 2.08. The Kier molecular flexibility index (Phi) is 3.86. The molecule has 0 aliphatic heterocycles. The fraction of sp³-hybridized carbons (Fsp3) is 0.333. The van der Waals surface area contributed by atoms with Crippen molar-refractivity contribution in [2.45, 2.75) is 40.5 Å². The Balaban J connectivity index is 2.38. The summed E-state index contributed by atoms with van der Waals surface area (Å²) in [6.07, 6.45) is 15.8. The van der Waals surface area contributed by atoms with Gasteiger partial charge in [0, 0.05) is 0 Å². The van der Waals surface area contributed by atoms with Crippen LogP contribution in [0.2, 0.25) is 0 Å². The molecule has 0 saturated heterocycles. The first-order chi connectivity index (χ1) is 8.54. The summed E-state index contributed by atoms with van der Waals surface area (Å²) in [7, 11) is 0. The molecule has 2 aliphatic carbocycles. The van der Waals surface area contributed by atoms with Crippen LogP contribution >= 0.6 is 0 Å². The quantitative estimate of drug-likeness (QED) is 0.571. The van der Waals surface area contributed by atoms with Gasteiger partial charge in [0.2, 0.25) is 0 Å². The Morgan fingerprint density at radius 3 is 2.17 bits per heavy atom. The lowest BCUT2D eigenvalue weighted by Gasteiger charge is -2.08. The van der Waals surface area contributed by atoms with Crippen molar-refractivity contribution in [1.29, 1.82) is 0 Å². The van der Waals surface area contributed by atoms with Crippen LogP contribution in [-0.4, -0.2) is 0 Å². The van der Waals surface area contributed by atoms with Gasteiger partial charge < -0.3 is 0 Å². The van der Waals surface area contributed by atoms with Gasteiger partial charge in [-0.25, -0.2) is 0 Å². The summed E-state index contributed by atoms with van der Waals surface area (Å²) in [6, 6.07) is 0. The summed E-state index contributed by atoms with van der Waals surface area (Å²) in [5.74, 6) is 0. The van der Waals surface area contributed by atoms with E-state index in [4.69, 9.17) is 0 Å². The maximum Gasteiger partial charge on any atom is -0.00607 e. The molecule has 0 aromatic heterocycles. The molecule has 0 bridgehead atoms. The molecular formula is C18H22. The third-order valence-electron chi connectivity index (χ3n) is 3.37. The predicted molar refractivity (Wildman–Crippen MR) is 80.4 cm³/mol. The van der Waals surface area contributed by atoms with E-state index in [1.165, 1.54) is 33.4 Å². The number of hydrogen-bond acceptors (Lipinski definition) is 0. The van der Waals surface area contributed by atoms with Crippen LogP contribution in [0.1, 0.15) is 40.5 Å². The maximum atomic E-state index is 2.33. The zero-order valence-corrected chi connectivity index (χ0v) is 11.9. The molecule has 0 nitrogen and oxygen atoms in total. The molecular weight excluding hydrogens is 216 g/mol. The first-order valence-corrected chi connectivity index (χ1v) is 6.64. The summed E-state index contributed by atoms with van der Waals surface area (Å²) in [4.78, 5) is 0. The second-order valence-corrected chi connectivity index (χ2v) is 5.57. The van der Waals surface area contributed by atoms with E-state index in [2.05, 4.69) is 64.2 Å². The van der Waals surface area contributed by atoms with Gasteiger partial charge in [-0.3, -0.25) is 0 Å². The topological polar surface area (TPSA) is 0 Å². The summed E-state index contributed by atoms with van der Waals surface area (Å²) in [6.45, 7) is 8.80. The molecule has 94 valence electrons. The Labute approximate surface area is 111 Å². The van der Waals surface area contributed by atoms with Crippen molar-refractivity contribution in [2.24, 2.45) is 0 Å². The van der Waals surface area contributed by atoms with Crippen LogP contribution in [0.4, 0.5) is 0 Å². The van der Waals surface area contributed by atoms with Crippen LogP contribution in [0.25, 0.3) is 0 Å². The highest BCUT2D eigenvalue weighted by molar-refractivity contribution is 5.50. The second kappa shape index (κ2) is 5.39. The smallest absolute Gasteiger partial charge is 0.00607 e. The normalized spacial score (nSPS) is 20.7. The zero-order chi connectivity index (χ0) is 13.1. The van der Waals surface area contributed by atoms with Crippen molar-refractivity contribution in [3.8, 4) is 0 Å². The fourth-order valence-corrected chi connectivity index (χ4v) is 2.57. The van der Waals surface area contributed by atoms with Gasteiger partial charge in [0.05, 0.1) is 0 Å². The average molecular weight is 238 g/mol. The van der Waals surface area contributed by atoms with Gasteiger partial charge in [-0.05, 0) is 51.7 Å². The Bertz CT molecular complexity index is 528. The van der Waals surface area contributed by atoms with Crippen LogP contribution in [0, 0.1) is 0 Å². The van der Waals surface area contributed by atoms with E-state index in [9.17, 15) is 0 Å². The van der Waals surface area contributed by atoms with Gasteiger partial charge >= 0.3 is 0 Å². The SMILES string of the molecule is CC1=CC=C(C2=CC=C(C)CC(C)=C2)CC(C)=C1. The zero-order valence-electron chi connectivity index (χ0n) is 11.9. The molecule has 0 unspecified atom stereocenters. The van der Waals surface area contributed by atoms with Gasteiger partial charge in [0.25, 0.3) is 0 Å². The largest absolute Gasteiger partial charge is 0.0693 e. The van der Waals surface area contributed by atoms with Crippen LogP contribution in [0.5, 0.6) is 0 Å². The molecule has 0 atom stereocenters. The summed E-state index contributed by atoms with van der Waals surface area (Å²) >= 11 is 0. The molecule has 18 heavy (non-hydrogen) atoms. The summed E-state index contributed by atoms with van der Waals surface area (Å²) in [5.41, 5.74) is 8.44. The molecule has 2 aliphatic rings.